The molecule has 0 bridgehead atoms. The van der Waals surface area contributed by atoms with E-state index in [-0.39, 0.29) is 16.2 Å². The second-order valence-corrected chi connectivity index (χ2v) is 8.90. The van der Waals surface area contributed by atoms with Crippen LogP contribution >= 0.6 is 0 Å². The minimum atomic E-state index is -4.60. The number of rotatable bonds is 1. The second kappa shape index (κ2) is 6.01. The molecule has 0 atom stereocenters. The van der Waals surface area contributed by atoms with Crippen LogP contribution in [-0.4, -0.2) is 22.9 Å². The molecule has 0 amide bonds. The molecule has 0 spiro atoms. The van der Waals surface area contributed by atoms with Gasteiger partial charge in [-0.05, 0) is 49.7 Å². The third kappa shape index (κ3) is 2.58. The normalized spacial score (nSPS) is 12.4. The molecule has 0 saturated heterocycles. The molecule has 2 aromatic heterocycles. The lowest BCUT2D eigenvalue weighted by atomic mass is 10.0. The molecular formula is C22H16N2O5S. The van der Waals surface area contributed by atoms with Crippen molar-refractivity contribution >= 4 is 53.7 Å². The van der Waals surface area contributed by atoms with Crippen LogP contribution in [0.25, 0.3) is 43.6 Å². The lowest BCUT2D eigenvalue weighted by Gasteiger charge is -2.10. The van der Waals surface area contributed by atoms with E-state index in [0.29, 0.717) is 38.4 Å². The molecule has 30 heavy (non-hydrogen) atoms. The van der Waals surface area contributed by atoms with E-state index in [4.69, 9.17) is 0 Å². The maximum atomic E-state index is 13.3. The Hall–Kier alpha value is -3.49. The van der Waals surface area contributed by atoms with Crippen LogP contribution in [0.5, 0.6) is 0 Å². The Labute approximate surface area is 169 Å². The number of pyridine rings is 2. The van der Waals surface area contributed by atoms with Gasteiger partial charge in [0.15, 0.2) is 10.9 Å². The summed E-state index contributed by atoms with van der Waals surface area (Å²) in [5.41, 5.74) is 2.72. The zero-order valence-corrected chi connectivity index (χ0v) is 16.8. The standard InChI is InChI=1S/C22H16N2O5S/c1-10-3-5-15-12(7-10)21(25)13-8-17-14(9-16(13)23-15)22(26)19-18(30(27,28)29)6-4-11(2)20(19)24-17/h3-9H,1-2H3,(H,23,25)(H,24,26)(H,27,28,29). The van der Waals surface area contributed by atoms with Gasteiger partial charge in [-0.3, -0.25) is 14.1 Å². The number of aromatic nitrogens is 2. The van der Waals surface area contributed by atoms with E-state index in [1.807, 2.05) is 19.1 Å². The number of aromatic amines is 2. The predicted molar refractivity (Wildman–Crippen MR) is 117 cm³/mol. The molecular weight excluding hydrogens is 404 g/mol. The summed E-state index contributed by atoms with van der Waals surface area (Å²) in [6, 6.07) is 11.4. The molecule has 5 rings (SSSR count). The molecule has 0 radical (unpaired) electrons. The molecule has 3 N–H and O–H groups in total. The highest BCUT2D eigenvalue weighted by atomic mass is 32.2. The van der Waals surface area contributed by atoms with Crippen molar-refractivity contribution in [2.75, 3.05) is 0 Å². The summed E-state index contributed by atoms with van der Waals surface area (Å²) >= 11 is 0. The fraction of sp³-hybridized carbons (Fsp3) is 0.0909. The zero-order chi connectivity index (χ0) is 21.4. The van der Waals surface area contributed by atoms with Crippen LogP contribution in [0, 0.1) is 13.8 Å². The summed E-state index contributed by atoms with van der Waals surface area (Å²) in [5, 5.41) is 1.07. The van der Waals surface area contributed by atoms with Gasteiger partial charge in [-0.25, -0.2) is 0 Å². The van der Waals surface area contributed by atoms with E-state index in [9.17, 15) is 22.6 Å². The Bertz CT molecular complexity index is 1780. The Morgan fingerprint density at radius 1 is 0.767 bits per heavy atom. The van der Waals surface area contributed by atoms with E-state index >= 15 is 0 Å². The highest BCUT2D eigenvalue weighted by Gasteiger charge is 2.20. The van der Waals surface area contributed by atoms with Gasteiger partial charge in [-0.1, -0.05) is 17.7 Å². The van der Waals surface area contributed by atoms with Gasteiger partial charge in [0, 0.05) is 21.7 Å². The first-order valence-electron chi connectivity index (χ1n) is 9.18. The largest absolute Gasteiger partial charge is 0.354 e. The number of aryl methyl sites for hydroxylation is 2. The molecule has 0 unspecified atom stereocenters. The van der Waals surface area contributed by atoms with Crippen LogP contribution in [0.15, 0.2) is 56.9 Å². The van der Waals surface area contributed by atoms with Crippen LogP contribution < -0.4 is 10.9 Å². The van der Waals surface area contributed by atoms with Crippen molar-refractivity contribution in [1.82, 2.24) is 9.97 Å². The van der Waals surface area contributed by atoms with Crippen molar-refractivity contribution in [2.45, 2.75) is 18.7 Å². The Morgan fingerprint density at radius 3 is 2.10 bits per heavy atom. The molecule has 3 aromatic carbocycles. The Morgan fingerprint density at radius 2 is 1.40 bits per heavy atom. The van der Waals surface area contributed by atoms with Crippen LogP contribution in [-0.2, 0) is 10.1 Å². The summed E-state index contributed by atoms with van der Waals surface area (Å²) in [6.45, 7) is 3.63. The van der Waals surface area contributed by atoms with E-state index in [1.165, 1.54) is 12.1 Å². The highest BCUT2D eigenvalue weighted by Crippen LogP contribution is 2.26. The van der Waals surface area contributed by atoms with Crippen molar-refractivity contribution < 1.29 is 13.0 Å². The number of nitrogens with one attached hydrogen (secondary N) is 2. The molecule has 5 aromatic rings. The van der Waals surface area contributed by atoms with Gasteiger partial charge in [0.1, 0.15) is 4.90 Å². The molecule has 0 fully saturated rings. The molecule has 0 aliphatic rings. The molecule has 0 aliphatic heterocycles. The second-order valence-electron chi connectivity index (χ2n) is 7.51. The number of hydrogen-bond donors (Lipinski definition) is 3. The lowest BCUT2D eigenvalue weighted by Crippen LogP contribution is -2.12. The van der Waals surface area contributed by atoms with Gasteiger partial charge in [0.05, 0.1) is 21.9 Å². The molecule has 150 valence electrons. The van der Waals surface area contributed by atoms with Crippen molar-refractivity contribution in [1.29, 1.82) is 0 Å². The minimum Gasteiger partial charge on any atom is -0.354 e. The summed E-state index contributed by atoms with van der Waals surface area (Å²) in [4.78, 5) is 32.1. The number of benzene rings is 3. The molecule has 0 aliphatic carbocycles. The molecule has 7 nitrogen and oxygen atoms in total. The van der Waals surface area contributed by atoms with E-state index in [1.54, 1.807) is 25.1 Å². The summed E-state index contributed by atoms with van der Waals surface area (Å²) in [6.07, 6.45) is 0. The van der Waals surface area contributed by atoms with Gasteiger partial charge < -0.3 is 9.97 Å². The number of hydrogen-bond acceptors (Lipinski definition) is 4. The van der Waals surface area contributed by atoms with Crippen molar-refractivity contribution in [2.24, 2.45) is 0 Å². The maximum Gasteiger partial charge on any atom is 0.295 e. The first-order chi connectivity index (χ1) is 14.1. The van der Waals surface area contributed by atoms with Gasteiger partial charge in [0.2, 0.25) is 0 Å². The lowest BCUT2D eigenvalue weighted by molar-refractivity contribution is 0.484. The van der Waals surface area contributed by atoms with Crippen molar-refractivity contribution in [3.63, 3.8) is 0 Å². The van der Waals surface area contributed by atoms with Crippen molar-refractivity contribution in [3.05, 3.63) is 74.0 Å². The summed E-state index contributed by atoms with van der Waals surface area (Å²) in [7, 11) is -4.60. The van der Waals surface area contributed by atoms with Crippen LogP contribution in [0.1, 0.15) is 11.1 Å². The Balaban J connectivity index is 2.02. The molecule has 0 saturated carbocycles. The monoisotopic (exact) mass is 420 g/mol. The smallest absolute Gasteiger partial charge is 0.295 e. The first-order valence-corrected chi connectivity index (χ1v) is 10.6. The number of fused-ring (bicyclic) bond motifs is 4. The molecule has 8 heteroatoms. The average molecular weight is 420 g/mol. The fourth-order valence-corrected chi connectivity index (χ4v) is 4.68. The van der Waals surface area contributed by atoms with Gasteiger partial charge >= 0.3 is 0 Å². The highest BCUT2D eigenvalue weighted by molar-refractivity contribution is 7.86. The topological polar surface area (TPSA) is 120 Å². The van der Waals surface area contributed by atoms with Crippen LogP contribution in [0.3, 0.4) is 0 Å². The minimum absolute atomic E-state index is 0.108. The fourth-order valence-electron chi connectivity index (χ4n) is 3.99. The maximum absolute atomic E-state index is 13.3. The predicted octanol–water partition coefficient (Wildman–Crippen LogP) is 3.54. The van der Waals surface area contributed by atoms with E-state index < -0.39 is 20.4 Å². The SMILES string of the molecule is Cc1ccc2[nH]c3cc4c(=O)c5c(S(=O)(=O)O)ccc(C)c5[nH]c4cc3c(=O)c2c1. The van der Waals surface area contributed by atoms with Crippen molar-refractivity contribution in [3.8, 4) is 0 Å². The van der Waals surface area contributed by atoms with E-state index in [0.717, 1.165) is 5.56 Å². The van der Waals surface area contributed by atoms with Gasteiger partial charge in [-0.15, -0.1) is 0 Å². The first kappa shape index (κ1) is 18.5. The third-order valence-electron chi connectivity index (χ3n) is 5.48. The average Bonchev–Trinajstić information content (AvgIpc) is 2.68. The van der Waals surface area contributed by atoms with Gasteiger partial charge in [0.25, 0.3) is 10.1 Å². The van der Waals surface area contributed by atoms with Crippen LogP contribution in [0.2, 0.25) is 0 Å². The van der Waals surface area contributed by atoms with E-state index in [2.05, 4.69) is 9.97 Å². The zero-order valence-electron chi connectivity index (χ0n) is 16.0. The van der Waals surface area contributed by atoms with Crippen LogP contribution in [0.4, 0.5) is 0 Å². The number of H-pyrrole nitrogens is 2. The third-order valence-corrected chi connectivity index (χ3v) is 6.37. The van der Waals surface area contributed by atoms with Gasteiger partial charge in [-0.2, -0.15) is 8.42 Å². The molecule has 2 heterocycles. The summed E-state index contributed by atoms with van der Waals surface area (Å²) in [5.74, 6) is 0. The summed E-state index contributed by atoms with van der Waals surface area (Å²) < 4.78 is 33.3. The quantitative estimate of drug-likeness (QED) is 0.283. The Kier molecular flexibility index (Phi) is 3.71.